The molecule has 0 radical (unpaired) electrons. The largest absolute Gasteiger partial charge is 0.256 e. The molecule has 0 bridgehead atoms. The number of hydrogen-bond acceptors (Lipinski definition) is 1. The first-order chi connectivity index (χ1) is 9.36. The number of halogens is 1. The Balaban J connectivity index is 0.000000163. The van der Waals surface area contributed by atoms with Crippen molar-refractivity contribution in [3.63, 3.8) is 0 Å². The van der Waals surface area contributed by atoms with Crippen molar-refractivity contribution in [3.8, 4) is 11.3 Å². The van der Waals surface area contributed by atoms with Gasteiger partial charge in [-0.3, -0.25) is 4.98 Å². The Morgan fingerprint density at radius 3 is 1.68 bits per heavy atom. The zero-order valence-corrected chi connectivity index (χ0v) is 12.0. The van der Waals surface area contributed by atoms with Gasteiger partial charge < -0.3 is 0 Å². The van der Waals surface area contributed by atoms with Crippen LogP contribution in [0.25, 0.3) is 11.3 Å². The van der Waals surface area contributed by atoms with Crippen molar-refractivity contribution in [2.24, 2.45) is 0 Å². The van der Waals surface area contributed by atoms with Crippen molar-refractivity contribution in [1.82, 2.24) is 4.98 Å². The van der Waals surface area contributed by atoms with Crippen LogP contribution in [0.15, 0.2) is 89.5 Å². The fourth-order valence-electron chi connectivity index (χ4n) is 1.56. The molecule has 0 aliphatic carbocycles. The number of rotatable bonds is 1. The molecule has 0 fully saturated rings. The molecule has 2 aromatic carbocycles. The van der Waals surface area contributed by atoms with Crippen molar-refractivity contribution < 1.29 is 0 Å². The molecule has 94 valence electrons. The third kappa shape index (κ3) is 4.68. The summed E-state index contributed by atoms with van der Waals surface area (Å²) in [5.74, 6) is 0. The van der Waals surface area contributed by atoms with E-state index in [4.69, 9.17) is 0 Å². The SMILES string of the molecule is Brc1ccccc1.c1ccc(-c2ccccn2)cc1. The second-order valence-electron chi connectivity index (χ2n) is 3.88. The molecule has 0 N–H and O–H groups in total. The van der Waals surface area contributed by atoms with Gasteiger partial charge in [-0.2, -0.15) is 0 Å². The topological polar surface area (TPSA) is 12.9 Å². The molecule has 0 spiro atoms. The maximum atomic E-state index is 4.25. The molecule has 1 nitrogen and oxygen atoms in total. The molecule has 3 aromatic rings. The molecule has 1 aromatic heterocycles. The minimum absolute atomic E-state index is 1.03. The lowest BCUT2D eigenvalue weighted by Gasteiger charge is -1.97. The van der Waals surface area contributed by atoms with Gasteiger partial charge in [-0.05, 0) is 24.3 Å². The van der Waals surface area contributed by atoms with E-state index in [1.54, 1.807) is 0 Å². The van der Waals surface area contributed by atoms with E-state index in [1.807, 2.05) is 72.9 Å². The molecule has 0 atom stereocenters. The van der Waals surface area contributed by atoms with Gasteiger partial charge in [0.1, 0.15) is 0 Å². The minimum Gasteiger partial charge on any atom is -0.256 e. The Morgan fingerprint density at radius 2 is 1.21 bits per heavy atom. The number of benzene rings is 2. The van der Waals surface area contributed by atoms with Crippen molar-refractivity contribution >= 4 is 15.9 Å². The van der Waals surface area contributed by atoms with E-state index < -0.39 is 0 Å². The van der Waals surface area contributed by atoms with Crippen molar-refractivity contribution in [1.29, 1.82) is 0 Å². The van der Waals surface area contributed by atoms with E-state index in [-0.39, 0.29) is 0 Å². The minimum atomic E-state index is 1.03. The van der Waals surface area contributed by atoms with Gasteiger partial charge in [0.2, 0.25) is 0 Å². The Hall–Kier alpha value is -1.93. The quantitative estimate of drug-likeness (QED) is 0.602. The van der Waals surface area contributed by atoms with Gasteiger partial charge in [-0.15, -0.1) is 0 Å². The maximum absolute atomic E-state index is 4.25. The summed E-state index contributed by atoms with van der Waals surface area (Å²) in [6, 6.07) is 26.1. The average molecular weight is 312 g/mol. The van der Waals surface area contributed by atoms with E-state index in [0.29, 0.717) is 0 Å². The van der Waals surface area contributed by atoms with Crippen LogP contribution >= 0.6 is 15.9 Å². The molecule has 0 aliphatic rings. The first kappa shape index (κ1) is 13.5. The monoisotopic (exact) mass is 311 g/mol. The molecule has 0 amide bonds. The zero-order valence-electron chi connectivity index (χ0n) is 10.4. The van der Waals surface area contributed by atoms with Crippen LogP contribution in [0.2, 0.25) is 0 Å². The number of nitrogens with zero attached hydrogens (tertiary/aromatic N) is 1. The summed E-state index contributed by atoms with van der Waals surface area (Å²) in [5.41, 5.74) is 2.19. The summed E-state index contributed by atoms with van der Waals surface area (Å²) >= 11 is 3.31. The second-order valence-corrected chi connectivity index (χ2v) is 4.79. The number of hydrogen-bond donors (Lipinski definition) is 0. The smallest absolute Gasteiger partial charge is 0.0701 e. The van der Waals surface area contributed by atoms with Crippen LogP contribution in [-0.4, -0.2) is 4.98 Å². The first-order valence-corrected chi connectivity index (χ1v) is 6.82. The van der Waals surface area contributed by atoms with Crippen LogP contribution in [0.5, 0.6) is 0 Å². The number of aromatic nitrogens is 1. The van der Waals surface area contributed by atoms with Crippen LogP contribution in [-0.2, 0) is 0 Å². The summed E-state index contributed by atoms with van der Waals surface area (Å²) in [5, 5.41) is 0. The van der Waals surface area contributed by atoms with Gasteiger partial charge in [0.15, 0.2) is 0 Å². The summed E-state index contributed by atoms with van der Waals surface area (Å²) in [6.45, 7) is 0. The molecular formula is C17H14BrN. The highest BCUT2D eigenvalue weighted by Crippen LogP contribution is 2.14. The molecule has 0 unspecified atom stereocenters. The highest BCUT2D eigenvalue weighted by Gasteiger charge is 1.93. The summed E-state index contributed by atoms with van der Waals surface area (Å²) in [6.07, 6.45) is 1.81. The van der Waals surface area contributed by atoms with Gasteiger partial charge in [0, 0.05) is 16.2 Å². The lowest BCUT2D eigenvalue weighted by molar-refractivity contribution is 1.33. The molecular weight excluding hydrogens is 298 g/mol. The van der Waals surface area contributed by atoms with E-state index in [9.17, 15) is 0 Å². The number of pyridine rings is 1. The molecule has 0 aliphatic heterocycles. The molecule has 3 rings (SSSR count). The molecule has 0 saturated carbocycles. The van der Waals surface area contributed by atoms with Gasteiger partial charge in [-0.1, -0.05) is 70.5 Å². The zero-order chi connectivity index (χ0) is 13.3. The standard InChI is InChI=1S/C11H9N.C6H5Br/c1-2-6-10(7-3-1)11-8-4-5-9-12-11;7-6-4-2-1-3-5-6/h1-9H;1-5H. The lowest BCUT2D eigenvalue weighted by atomic mass is 10.1. The van der Waals surface area contributed by atoms with E-state index in [0.717, 1.165) is 15.7 Å². The van der Waals surface area contributed by atoms with Gasteiger partial charge >= 0.3 is 0 Å². The molecule has 19 heavy (non-hydrogen) atoms. The first-order valence-electron chi connectivity index (χ1n) is 6.03. The second kappa shape index (κ2) is 7.49. The van der Waals surface area contributed by atoms with Crippen molar-refractivity contribution in [2.75, 3.05) is 0 Å². The van der Waals surface area contributed by atoms with Crippen molar-refractivity contribution in [2.45, 2.75) is 0 Å². The maximum Gasteiger partial charge on any atom is 0.0701 e. The van der Waals surface area contributed by atoms with Crippen LogP contribution in [0.3, 0.4) is 0 Å². The molecule has 0 saturated heterocycles. The van der Waals surface area contributed by atoms with Gasteiger partial charge in [0.05, 0.1) is 5.69 Å². The Kier molecular flexibility index (Phi) is 5.32. The van der Waals surface area contributed by atoms with Crippen LogP contribution < -0.4 is 0 Å². The van der Waals surface area contributed by atoms with E-state index >= 15 is 0 Å². The van der Waals surface area contributed by atoms with Gasteiger partial charge in [0.25, 0.3) is 0 Å². The van der Waals surface area contributed by atoms with Crippen LogP contribution in [0, 0.1) is 0 Å². The Morgan fingerprint density at radius 1 is 0.632 bits per heavy atom. The Bertz CT molecular complexity index is 542. The Labute approximate surface area is 122 Å². The third-order valence-electron chi connectivity index (χ3n) is 2.47. The summed E-state index contributed by atoms with van der Waals surface area (Å²) in [7, 11) is 0. The van der Waals surface area contributed by atoms with Crippen molar-refractivity contribution in [3.05, 3.63) is 89.5 Å². The van der Waals surface area contributed by atoms with Gasteiger partial charge in [-0.25, -0.2) is 0 Å². The normalized spacial score (nSPS) is 9.32. The van der Waals surface area contributed by atoms with Crippen LogP contribution in [0.4, 0.5) is 0 Å². The average Bonchev–Trinajstić information content (AvgIpc) is 2.51. The van der Waals surface area contributed by atoms with E-state index in [1.165, 1.54) is 0 Å². The summed E-state index contributed by atoms with van der Waals surface area (Å²) < 4.78 is 1.13. The molecule has 2 heteroatoms. The predicted octanol–water partition coefficient (Wildman–Crippen LogP) is 5.20. The summed E-state index contributed by atoms with van der Waals surface area (Å²) in [4.78, 5) is 4.25. The highest BCUT2D eigenvalue weighted by molar-refractivity contribution is 9.10. The fourth-order valence-corrected chi connectivity index (χ4v) is 1.86. The predicted molar refractivity (Wildman–Crippen MR) is 83.8 cm³/mol. The third-order valence-corrected chi connectivity index (χ3v) is 3.00. The van der Waals surface area contributed by atoms with E-state index in [2.05, 4.69) is 33.0 Å². The molecule has 1 heterocycles. The van der Waals surface area contributed by atoms with Crippen LogP contribution in [0.1, 0.15) is 0 Å². The highest BCUT2D eigenvalue weighted by atomic mass is 79.9. The fraction of sp³-hybridized carbons (Fsp3) is 0. The lowest BCUT2D eigenvalue weighted by Crippen LogP contribution is -1.79.